The van der Waals surface area contributed by atoms with Gasteiger partial charge in [-0.15, -0.1) is 11.3 Å². The zero-order valence-electron chi connectivity index (χ0n) is 9.91. The summed E-state index contributed by atoms with van der Waals surface area (Å²) in [7, 11) is 0. The number of nitrogens with zero attached hydrogens (tertiary/aromatic N) is 2. The Labute approximate surface area is 126 Å². The highest BCUT2D eigenvalue weighted by Crippen LogP contribution is 2.33. The Bertz CT molecular complexity index is 803. The average molecular weight is 351 g/mol. The molecule has 2 heterocycles. The lowest BCUT2D eigenvalue weighted by Gasteiger charge is -2.08. The van der Waals surface area contributed by atoms with E-state index in [1.807, 2.05) is 11.4 Å². The summed E-state index contributed by atoms with van der Waals surface area (Å²) in [4.78, 5) is 19.4. The number of carboxylic acid groups (broad SMARTS) is 1. The molecular formula is C13H7BrN2O3S. The van der Waals surface area contributed by atoms with Gasteiger partial charge in [-0.05, 0) is 29.6 Å². The number of benzene rings is 1. The minimum Gasteiger partial charge on any atom is -0.478 e. The van der Waals surface area contributed by atoms with Crippen molar-refractivity contribution < 1.29 is 14.6 Å². The van der Waals surface area contributed by atoms with Gasteiger partial charge in [0.25, 0.3) is 0 Å². The monoisotopic (exact) mass is 350 g/mol. The first kappa shape index (κ1) is 13.0. The molecule has 0 bridgehead atoms. The highest BCUT2D eigenvalue weighted by molar-refractivity contribution is 9.10. The number of ether oxygens (including phenoxy) is 1. The molecule has 7 heteroatoms. The van der Waals surface area contributed by atoms with Crippen molar-refractivity contribution in [1.82, 2.24) is 9.97 Å². The maximum atomic E-state index is 11.2. The van der Waals surface area contributed by atoms with Gasteiger partial charge in [0.1, 0.15) is 22.3 Å². The molecule has 0 aliphatic carbocycles. The molecule has 1 N–H and O–H groups in total. The first-order chi connectivity index (χ1) is 9.65. The number of halogens is 1. The summed E-state index contributed by atoms with van der Waals surface area (Å²) in [5, 5.41) is 11.1. The van der Waals surface area contributed by atoms with Crippen LogP contribution in [0.3, 0.4) is 0 Å². The quantitative estimate of drug-likeness (QED) is 0.774. The van der Waals surface area contributed by atoms with Gasteiger partial charge in [-0.25, -0.2) is 14.8 Å². The number of carbonyl (C=O) groups is 1. The van der Waals surface area contributed by atoms with Crippen LogP contribution in [0.4, 0.5) is 0 Å². The molecule has 5 nitrogen and oxygen atoms in total. The first-order valence-corrected chi connectivity index (χ1v) is 7.21. The van der Waals surface area contributed by atoms with Crippen LogP contribution in [0.1, 0.15) is 10.4 Å². The minimum atomic E-state index is -1.06. The van der Waals surface area contributed by atoms with Crippen LogP contribution in [0.15, 0.2) is 40.4 Å². The average Bonchev–Trinajstić information content (AvgIpc) is 2.90. The molecular weight excluding hydrogens is 344 g/mol. The van der Waals surface area contributed by atoms with Crippen LogP contribution in [0.5, 0.6) is 11.6 Å². The van der Waals surface area contributed by atoms with Crippen molar-refractivity contribution >= 4 is 43.5 Å². The van der Waals surface area contributed by atoms with E-state index in [-0.39, 0.29) is 11.3 Å². The molecule has 0 atom stereocenters. The molecule has 1 aromatic carbocycles. The molecule has 3 rings (SSSR count). The van der Waals surface area contributed by atoms with Crippen molar-refractivity contribution in [1.29, 1.82) is 0 Å². The third-order valence-electron chi connectivity index (χ3n) is 2.59. The van der Waals surface area contributed by atoms with E-state index in [0.29, 0.717) is 10.4 Å². The minimum absolute atomic E-state index is 0.0719. The summed E-state index contributed by atoms with van der Waals surface area (Å²) < 4.78 is 7.11. The Kier molecular flexibility index (Phi) is 3.37. The molecule has 0 unspecified atom stereocenters. The van der Waals surface area contributed by atoms with Gasteiger partial charge in [-0.1, -0.05) is 15.9 Å². The van der Waals surface area contributed by atoms with Gasteiger partial charge >= 0.3 is 5.97 Å². The summed E-state index contributed by atoms with van der Waals surface area (Å²) in [6, 6.07) is 6.66. The van der Waals surface area contributed by atoms with E-state index >= 15 is 0 Å². The predicted molar refractivity (Wildman–Crippen MR) is 78.6 cm³/mol. The number of aromatic carboxylic acids is 1. The summed E-state index contributed by atoms with van der Waals surface area (Å²) in [5.74, 6) is -0.457. The van der Waals surface area contributed by atoms with Gasteiger partial charge < -0.3 is 9.84 Å². The predicted octanol–water partition coefficient (Wildman–Crippen LogP) is 3.94. The van der Waals surface area contributed by atoms with Gasteiger partial charge in [-0.2, -0.15) is 0 Å². The molecule has 0 fully saturated rings. The van der Waals surface area contributed by atoms with Crippen molar-refractivity contribution in [3.8, 4) is 11.6 Å². The Morgan fingerprint density at radius 3 is 2.95 bits per heavy atom. The Hall–Kier alpha value is -1.99. The standard InChI is InChI=1S/C13H7BrN2O3S/c14-7-1-2-10(8(5-7)13(17)18)19-12-11-9(3-4-20-11)15-6-16-12/h1-6H,(H,17,18). The molecule has 2 aromatic heterocycles. The van der Waals surface area contributed by atoms with Gasteiger partial charge in [-0.3, -0.25) is 0 Å². The van der Waals surface area contributed by atoms with Gasteiger partial charge in [0.2, 0.25) is 5.88 Å². The van der Waals surface area contributed by atoms with E-state index in [1.54, 1.807) is 12.1 Å². The lowest BCUT2D eigenvalue weighted by atomic mass is 10.2. The van der Waals surface area contributed by atoms with Crippen LogP contribution >= 0.6 is 27.3 Å². The fourth-order valence-electron chi connectivity index (χ4n) is 1.70. The van der Waals surface area contributed by atoms with Crippen LogP contribution in [-0.2, 0) is 0 Å². The molecule has 0 amide bonds. The second-order valence-electron chi connectivity index (χ2n) is 3.86. The Morgan fingerprint density at radius 2 is 2.15 bits per heavy atom. The van der Waals surface area contributed by atoms with Gasteiger partial charge in [0, 0.05) is 4.47 Å². The van der Waals surface area contributed by atoms with Crippen LogP contribution in [-0.4, -0.2) is 21.0 Å². The SMILES string of the molecule is O=C(O)c1cc(Br)ccc1Oc1ncnc2ccsc12. The third-order valence-corrected chi connectivity index (χ3v) is 3.97. The van der Waals surface area contributed by atoms with E-state index in [0.717, 1.165) is 10.2 Å². The lowest BCUT2D eigenvalue weighted by Crippen LogP contribution is -2.00. The molecule has 0 aliphatic rings. The maximum Gasteiger partial charge on any atom is 0.339 e. The van der Waals surface area contributed by atoms with E-state index in [1.165, 1.54) is 23.7 Å². The summed E-state index contributed by atoms with van der Waals surface area (Å²) in [6.45, 7) is 0. The lowest BCUT2D eigenvalue weighted by molar-refractivity contribution is 0.0694. The van der Waals surface area contributed by atoms with Crippen LogP contribution in [0.25, 0.3) is 10.2 Å². The zero-order valence-corrected chi connectivity index (χ0v) is 12.3. The van der Waals surface area contributed by atoms with Crippen LogP contribution in [0, 0.1) is 0 Å². The Balaban J connectivity index is 2.07. The first-order valence-electron chi connectivity index (χ1n) is 5.54. The van der Waals surface area contributed by atoms with Crippen molar-refractivity contribution in [2.75, 3.05) is 0 Å². The molecule has 0 saturated carbocycles. The molecule has 100 valence electrons. The number of rotatable bonds is 3. The van der Waals surface area contributed by atoms with Gasteiger partial charge in [0.05, 0.1) is 5.52 Å². The number of thiophene rings is 1. The van der Waals surface area contributed by atoms with Crippen molar-refractivity contribution in [3.05, 3.63) is 46.0 Å². The molecule has 0 radical (unpaired) electrons. The van der Waals surface area contributed by atoms with Gasteiger partial charge in [0.15, 0.2) is 0 Å². The molecule has 20 heavy (non-hydrogen) atoms. The van der Waals surface area contributed by atoms with E-state index in [4.69, 9.17) is 4.74 Å². The molecule has 3 aromatic rings. The van der Waals surface area contributed by atoms with Crippen molar-refractivity contribution in [2.24, 2.45) is 0 Å². The highest BCUT2D eigenvalue weighted by Gasteiger charge is 2.15. The topological polar surface area (TPSA) is 72.3 Å². The largest absolute Gasteiger partial charge is 0.478 e. The molecule has 0 spiro atoms. The number of carboxylic acids is 1. The second-order valence-corrected chi connectivity index (χ2v) is 5.69. The van der Waals surface area contributed by atoms with Crippen molar-refractivity contribution in [2.45, 2.75) is 0 Å². The second kappa shape index (κ2) is 5.18. The summed E-state index contributed by atoms with van der Waals surface area (Å²) >= 11 is 4.69. The smallest absolute Gasteiger partial charge is 0.339 e. The number of aromatic nitrogens is 2. The summed E-state index contributed by atoms with van der Waals surface area (Å²) in [6.07, 6.45) is 1.39. The molecule has 0 aliphatic heterocycles. The van der Waals surface area contributed by atoms with Crippen molar-refractivity contribution in [3.63, 3.8) is 0 Å². The highest BCUT2D eigenvalue weighted by atomic mass is 79.9. The van der Waals surface area contributed by atoms with E-state index in [2.05, 4.69) is 25.9 Å². The number of fused-ring (bicyclic) bond motifs is 1. The number of hydrogen-bond acceptors (Lipinski definition) is 5. The normalized spacial score (nSPS) is 10.7. The molecule has 0 saturated heterocycles. The third kappa shape index (κ3) is 2.37. The number of hydrogen-bond donors (Lipinski definition) is 1. The van der Waals surface area contributed by atoms with E-state index < -0.39 is 5.97 Å². The fourth-order valence-corrected chi connectivity index (χ4v) is 2.83. The van der Waals surface area contributed by atoms with Crippen LogP contribution in [0.2, 0.25) is 0 Å². The fraction of sp³-hybridized carbons (Fsp3) is 0. The maximum absolute atomic E-state index is 11.2. The Morgan fingerprint density at radius 1 is 1.30 bits per heavy atom. The van der Waals surface area contributed by atoms with E-state index in [9.17, 15) is 9.90 Å². The zero-order chi connectivity index (χ0) is 14.1. The van der Waals surface area contributed by atoms with Crippen LogP contribution < -0.4 is 4.74 Å². The summed E-state index contributed by atoms with van der Waals surface area (Å²) in [5.41, 5.74) is 0.844.